The number of rotatable bonds is 21. The molecule has 8 atom stereocenters. The number of hydrogen-bond acceptors (Lipinski definition) is 13. The normalized spacial score (nSPS) is 27.6. The van der Waals surface area contributed by atoms with E-state index in [-0.39, 0.29) is 50.6 Å². The first-order valence-corrected chi connectivity index (χ1v) is 19.2. The van der Waals surface area contributed by atoms with Crippen LogP contribution >= 0.6 is 0 Å². The molecule has 0 saturated carbocycles. The number of aliphatic hydroxyl groups excluding tert-OH is 5. The lowest BCUT2D eigenvalue weighted by atomic mass is 9.91. The molecule has 3 aliphatic rings. The van der Waals surface area contributed by atoms with Crippen molar-refractivity contribution in [2.24, 2.45) is 0 Å². The summed E-state index contributed by atoms with van der Waals surface area (Å²) in [5.41, 5.74) is 1.26. The summed E-state index contributed by atoms with van der Waals surface area (Å²) in [6.45, 7) is 3.66. The molecular weight excluding hydrogens is 704 g/mol. The largest absolute Gasteiger partial charge is 0.456 e. The average molecular weight is 763 g/mol. The molecule has 2 heterocycles. The fourth-order valence-electron chi connectivity index (χ4n) is 6.80. The Morgan fingerprint density at radius 2 is 1.69 bits per heavy atom. The number of benzene rings is 1. The van der Waals surface area contributed by atoms with Crippen LogP contribution in [-0.2, 0) is 33.3 Å². The maximum atomic E-state index is 13.7. The highest BCUT2D eigenvalue weighted by atomic mass is 16.8. The number of carbonyl (C=O) groups excluding carboxylic acids is 3. The van der Waals surface area contributed by atoms with E-state index in [9.17, 15) is 34.8 Å². The number of amides is 2. The number of carbonyl (C=O) groups is 3. The molecule has 0 unspecified atom stereocenters. The molecule has 2 amide bonds. The summed E-state index contributed by atoms with van der Waals surface area (Å²) in [6, 6.07) is 6.70. The summed E-state index contributed by atoms with van der Waals surface area (Å²) in [5, 5.41) is 53.8. The zero-order valence-electron chi connectivity index (χ0n) is 31.3. The van der Waals surface area contributed by atoms with E-state index in [4.69, 9.17) is 28.8 Å². The van der Waals surface area contributed by atoms with Gasteiger partial charge in [0, 0.05) is 44.3 Å². The first-order chi connectivity index (χ1) is 26.0. The average Bonchev–Trinajstić information content (AvgIpc) is 3.54. The van der Waals surface area contributed by atoms with Crippen LogP contribution in [0.2, 0.25) is 0 Å². The van der Waals surface area contributed by atoms with Crippen molar-refractivity contribution in [1.29, 1.82) is 0 Å². The molecule has 0 aromatic heterocycles. The number of aliphatic hydroxyl groups is 5. The Balaban J connectivity index is 1.45. The molecule has 7 N–H and O–H groups in total. The van der Waals surface area contributed by atoms with Crippen LogP contribution in [0.15, 0.2) is 42.0 Å². The summed E-state index contributed by atoms with van der Waals surface area (Å²) in [6.07, 6.45) is 3.33. The van der Waals surface area contributed by atoms with Gasteiger partial charge < -0.3 is 59.9 Å². The molecule has 2 fully saturated rings. The highest BCUT2D eigenvalue weighted by molar-refractivity contribution is 5.94. The minimum absolute atomic E-state index is 0.0335. The van der Waals surface area contributed by atoms with Gasteiger partial charge in [-0.2, -0.15) is 0 Å². The first kappa shape index (κ1) is 43.5. The molecule has 302 valence electrons. The van der Waals surface area contributed by atoms with Crippen LogP contribution in [0, 0.1) is 0 Å². The van der Waals surface area contributed by atoms with Crippen LogP contribution in [0.1, 0.15) is 94.0 Å². The van der Waals surface area contributed by atoms with Crippen LogP contribution in [0.25, 0.3) is 6.08 Å². The first-order valence-electron chi connectivity index (χ1n) is 19.2. The van der Waals surface area contributed by atoms with Gasteiger partial charge in [0.2, 0.25) is 11.8 Å². The van der Waals surface area contributed by atoms with Crippen molar-refractivity contribution in [2.45, 2.75) is 133 Å². The molecule has 1 aromatic carbocycles. The second-order valence-corrected chi connectivity index (χ2v) is 14.0. The van der Waals surface area contributed by atoms with Gasteiger partial charge in [-0.15, -0.1) is 0 Å². The van der Waals surface area contributed by atoms with E-state index in [0.717, 1.165) is 38.5 Å². The van der Waals surface area contributed by atoms with Crippen LogP contribution in [0.5, 0.6) is 0 Å². The van der Waals surface area contributed by atoms with E-state index in [1.165, 1.54) is 0 Å². The third-order valence-corrected chi connectivity index (χ3v) is 9.76. The molecule has 15 nitrogen and oxygen atoms in total. The van der Waals surface area contributed by atoms with E-state index in [1.807, 2.05) is 0 Å². The van der Waals surface area contributed by atoms with Gasteiger partial charge in [-0.1, -0.05) is 63.8 Å². The van der Waals surface area contributed by atoms with Crippen LogP contribution in [0.3, 0.4) is 0 Å². The number of ether oxygens (including phenoxy) is 5. The summed E-state index contributed by atoms with van der Waals surface area (Å²) < 4.78 is 30.3. The van der Waals surface area contributed by atoms with Crippen molar-refractivity contribution < 1.29 is 63.6 Å². The van der Waals surface area contributed by atoms with Gasteiger partial charge in [0.05, 0.1) is 25.4 Å². The number of hydrogen-bond donors (Lipinski definition) is 7. The van der Waals surface area contributed by atoms with Crippen molar-refractivity contribution in [1.82, 2.24) is 10.6 Å². The third kappa shape index (κ3) is 12.1. The summed E-state index contributed by atoms with van der Waals surface area (Å²) in [5.74, 6) is -2.20. The van der Waals surface area contributed by atoms with Crippen molar-refractivity contribution in [3.63, 3.8) is 0 Å². The number of esters is 1. The molecule has 54 heavy (non-hydrogen) atoms. The minimum atomic E-state index is -1.55. The molecule has 1 aromatic rings. The predicted molar refractivity (Wildman–Crippen MR) is 196 cm³/mol. The molecule has 2 saturated heterocycles. The quantitative estimate of drug-likeness (QED) is 0.0700. The summed E-state index contributed by atoms with van der Waals surface area (Å²) in [7, 11) is 0. The highest BCUT2D eigenvalue weighted by Crippen LogP contribution is 2.43. The lowest BCUT2D eigenvalue weighted by Crippen LogP contribution is -2.59. The number of fused-ring (bicyclic) bond motifs is 1. The van der Waals surface area contributed by atoms with Crippen molar-refractivity contribution in [3.8, 4) is 0 Å². The van der Waals surface area contributed by atoms with E-state index < -0.39 is 73.3 Å². The zero-order valence-corrected chi connectivity index (χ0v) is 31.3. The SMILES string of the molecule is CCCCCC1(CCCCC)O[C@@H]2[C@@H](C=C(C(=O)NCCC(=O)NCCO)C[C@H]2OC(=O)c2cccc(C=CCO[C@H]3O[C@H](CO)[C@H](O)[C@H](O)[C@H]3O)c2)O1. The molecule has 1 aliphatic carbocycles. The van der Waals surface area contributed by atoms with E-state index in [1.54, 1.807) is 42.5 Å². The van der Waals surface area contributed by atoms with Crippen molar-refractivity contribution >= 4 is 23.9 Å². The zero-order chi connectivity index (χ0) is 39.1. The third-order valence-electron chi connectivity index (χ3n) is 9.76. The summed E-state index contributed by atoms with van der Waals surface area (Å²) >= 11 is 0. The van der Waals surface area contributed by atoms with E-state index in [0.29, 0.717) is 24.0 Å². The molecule has 4 rings (SSSR count). The molecule has 2 aliphatic heterocycles. The fourth-order valence-corrected chi connectivity index (χ4v) is 6.80. The molecule has 15 heteroatoms. The monoisotopic (exact) mass is 762 g/mol. The Labute approximate surface area is 316 Å². The topological polar surface area (TPSA) is 223 Å². The maximum Gasteiger partial charge on any atom is 0.338 e. The molecule has 0 spiro atoms. The van der Waals surface area contributed by atoms with Gasteiger partial charge in [-0.25, -0.2) is 4.79 Å². The minimum Gasteiger partial charge on any atom is -0.456 e. The fraction of sp³-hybridized carbons (Fsp3) is 0.667. The Hall–Kier alpha value is -3.25. The Bertz CT molecular complexity index is 1410. The number of nitrogens with one attached hydrogen (secondary N) is 2. The van der Waals surface area contributed by atoms with Crippen LogP contribution in [0.4, 0.5) is 0 Å². The van der Waals surface area contributed by atoms with Gasteiger partial charge >= 0.3 is 5.97 Å². The van der Waals surface area contributed by atoms with Gasteiger partial charge in [-0.3, -0.25) is 9.59 Å². The van der Waals surface area contributed by atoms with Crippen molar-refractivity contribution in [3.05, 3.63) is 53.1 Å². The maximum absolute atomic E-state index is 13.7. The van der Waals surface area contributed by atoms with E-state index >= 15 is 0 Å². The van der Waals surface area contributed by atoms with Gasteiger partial charge in [0.15, 0.2) is 12.1 Å². The lowest BCUT2D eigenvalue weighted by Gasteiger charge is -2.39. The summed E-state index contributed by atoms with van der Waals surface area (Å²) in [4.78, 5) is 39.0. The Kier molecular flexibility index (Phi) is 17.5. The Morgan fingerprint density at radius 1 is 0.944 bits per heavy atom. The lowest BCUT2D eigenvalue weighted by molar-refractivity contribution is -0.298. The second kappa shape index (κ2) is 21.7. The smallest absolute Gasteiger partial charge is 0.338 e. The highest BCUT2D eigenvalue weighted by Gasteiger charge is 2.52. The van der Waals surface area contributed by atoms with Gasteiger partial charge in [0.1, 0.15) is 42.7 Å². The standard InChI is InChI=1S/C39H58N2O13/c1-3-5-7-15-39(16-8-6-4-2)53-29-23-27(36(48)41-17-14-31(44)40-18-19-42)22-28(35(29)54-39)51-37(49)26-13-9-11-25(21-26)12-10-20-50-38-34(47)33(46)32(45)30(24-43)52-38/h9-13,21,23,28-30,32-35,38,42-43,45-47H,3-8,14-20,22,24H2,1-2H3,(H,40,44)(H,41,48)/t28-,29-,30-,32+,33+,34-,35+,38+/m1/s1. The molecule has 0 bridgehead atoms. The van der Waals surface area contributed by atoms with Gasteiger partial charge in [0.25, 0.3) is 0 Å². The molecule has 0 radical (unpaired) electrons. The molecular formula is C39H58N2O13. The van der Waals surface area contributed by atoms with Crippen molar-refractivity contribution in [2.75, 3.05) is 32.9 Å². The van der Waals surface area contributed by atoms with Crippen LogP contribution in [-0.4, -0.2) is 131 Å². The Morgan fingerprint density at radius 3 is 2.37 bits per heavy atom. The number of unbranched alkanes of at least 4 members (excludes halogenated alkanes) is 4. The van der Waals surface area contributed by atoms with Crippen LogP contribution < -0.4 is 10.6 Å². The predicted octanol–water partition coefficient (Wildman–Crippen LogP) is 1.63. The second-order valence-electron chi connectivity index (χ2n) is 14.0. The van der Waals surface area contributed by atoms with Gasteiger partial charge in [-0.05, 0) is 36.6 Å². The van der Waals surface area contributed by atoms with E-state index in [2.05, 4.69) is 24.5 Å².